The van der Waals surface area contributed by atoms with Gasteiger partial charge in [0, 0.05) is 25.2 Å². The first-order valence-corrected chi connectivity index (χ1v) is 11.9. The first kappa shape index (κ1) is 21.5. The van der Waals surface area contributed by atoms with Crippen LogP contribution < -0.4 is 4.74 Å². The third-order valence-corrected chi connectivity index (χ3v) is 8.47. The van der Waals surface area contributed by atoms with Gasteiger partial charge in [0.15, 0.2) is 11.5 Å². The Morgan fingerprint density at radius 2 is 2.22 bits per heavy atom. The maximum absolute atomic E-state index is 12.9. The second-order valence-corrected chi connectivity index (χ2v) is 9.88. The van der Waals surface area contributed by atoms with E-state index in [1.165, 1.54) is 0 Å². The lowest BCUT2D eigenvalue weighted by Crippen LogP contribution is -2.78. The van der Waals surface area contributed by atoms with Crippen LogP contribution >= 0.6 is 0 Å². The molecule has 1 saturated heterocycles. The summed E-state index contributed by atoms with van der Waals surface area (Å²) >= 11 is 0. The number of carbonyl (C=O) groups excluding carboxylic acids is 1. The number of phenolic OH excluding ortho intramolecular Hbond substituents is 1. The molecular formula is C26H34N2O4. The van der Waals surface area contributed by atoms with E-state index in [-0.39, 0.29) is 29.8 Å². The monoisotopic (exact) mass is 438 g/mol. The Morgan fingerprint density at radius 3 is 2.97 bits per heavy atom. The summed E-state index contributed by atoms with van der Waals surface area (Å²) < 4.78 is 6.51. The Hall–Kier alpha value is -2.31. The molecule has 1 amide bonds. The molecule has 1 aromatic carbocycles. The third kappa shape index (κ3) is 2.69. The van der Waals surface area contributed by atoms with E-state index < -0.39 is 11.0 Å². The molecule has 2 N–H and O–H groups in total. The summed E-state index contributed by atoms with van der Waals surface area (Å²) in [6.07, 6.45) is 9.69. The summed E-state index contributed by atoms with van der Waals surface area (Å²) in [6, 6.07) is 3.49. The number of amides is 1. The fourth-order valence-corrected chi connectivity index (χ4v) is 7.02. The summed E-state index contributed by atoms with van der Waals surface area (Å²) in [6.45, 7) is 7.57. The second kappa shape index (κ2) is 7.63. The Bertz CT molecular complexity index is 975. The van der Waals surface area contributed by atoms with Gasteiger partial charge in [-0.3, -0.25) is 9.69 Å². The number of rotatable bonds is 6. The van der Waals surface area contributed by atoms with Gasteiger partial charge in [-0.05, 0) is 56.4 Å². The molecule has 32 heavy (non-hydrogen) atoms. The largest absolute Gasteiger partial charge is 0.504 e. The molecule has 5 rings (SSSR count). The van der Waals surface area contributed by atoms with E-state index >= 15 is 0 Å². The van der Waals surface area contributed by atoms with Crippen molar-refractivity contribution in [1.82, 2.24) is 9.80 Å². The predicted molar refractivity (Wildman–Crippen MR) is 123 cm³/mol. The topological polar surface area (TPSA) is 73.2 Å². The highest BCUT2D eigenvalue weighted by molar-refractivity contribution is 5.87. The number of phenols is 1. The van der Waals surface area contributed by atoms with Crippen molar-refractivity contribution in [1.29, 1.82) is 0 Å². The zero-order valence-corrected chi connectivity index (χ0v) is 19.1. The van der Waals surface area contributed by atoms with Crippen LogP contribution in [-0.2, 0) is 16.6 Å². The first-order valence-electron chi connectivity index (χ1n) is 11.9. The van der Waals surface area contributed by atoms with Crippen molar-refractivity contribution in [3.8, 4) is 11.5 Å². The van der Waals surface area contributed by atoms with E-state index in [9.17, 15) is 15.0 Å². The van der Waals surface area contributed by atoms with Crippen LogP contribution in [0.4, 0.5) is 0 Å². The third-order valence-electron chi connectivity index (χ3n) is 8.47. The number of unbranched alkanes of at least 4 members (excludes halogenated alkanes) is 1. The Labute approximate surface area is 190 Å². The molecule has 172 valence electrons. The number of likely N-dealkylation sites (tertiary alicyclic amines) is 1. The number of allylic oxidation sites excluding steroid dienone is 1. The Kier molecular flexibility index (Phi) is 5.13. The highest BCUT2D eigenvalue weighted by Gasteiger charge is 2.73. The lowest BCUT2D eigenvalue weighted by Gasteiger charge is -2.64. The zero-order chi connectivity index (χ0) is 22.7. The van der Waals surface area contributed by atoms with E-state index in [2.05, 4.69) is 18.4 Å². The molecule has 6 nitrogen and oxygen atoms in total. The molecule has 1 saturated carbocycles. The van der Waals surface area contributed by atoms with Gasteiger partial charge < -0.3 is 19.8 Å². The molecule has 1 spiro atoms. The van der Waals surface area contributed by atoms with Gasteiger partial charge >= 0.3 is 0 Å². The van der Waals surface area contributed by atoms with E-state index in [0.29, 0.717) is 18.6 Å². The number of aromatic hydroxyl groups is 1. The van der Waals surface area contributed by atoms with Crippen LogP contribution in [-0.4, -0.2) is 69.8 Å². The summed E-state index contributed by atoms with van der Waals surface area (Å²) in [5.74, 6) is 0.596. The van der Waals surface area contributed by atoms with Gasteiger partial charge in [-0.2, -0.15) is 0 Å². The minimum atomic E-state index is -0.969. The van der Waals surface area contributed by atoms with Crippen molar-refractivity contribution in [2.45, 2.75) is 74.7 Å². The number of ether oxygens (including phenoxy) is 1. The minimum Gasteiger partial charge on any atom is -0.504 e. The molecule has 2 bridgehead atoms. The number of piperidine rings is 1. The van der Waals surface area contributed by atoms with Gasteiger partial charge in [0.1, 0.15) is 6.10 Å². The molecule has 2 aliphatic carbocycles. The average molecular weight is 439 g/mol. The second-order valence-electron chi connectivity index (χ2n) is 9.88. The van der Waals surface area contributed by atoms with Gasteiger partial charge in [0.2, 0.25) is 5.91 Å². The van der Waals surface area contributed by atoms with Gasteiger partial charge in [-0.25, -0.2) is 0 Å². The molecule has 6 heteroatoms. The molecule has 5 atom stereocenters. The van der Waals surface area contributed by atoms with Gasteiger partial charge in [0.25, 0.3) is 0 Å². The van der Waals surface area contributed by atoms with Crippen LogP contribution in [0, 0.1) is 0 Å². The molecule has 2 heterocycles. The molecule has 2 aliphatic heterocycles. The van der Waals surface area contributed by atoms with Crippen molar-refractivity contribution in [3.63, 3.8) is 0 Å². The molecule has 4 aliphatic rings. The van der Waals surface area contributed by atoms with Crippen molar-refractivity contribution in [2.24, 2.45) is 0 Å². The maximum Gasteiger partial charge on any atom is 0.246 e. The van der Waals surface area contributed by atoms with Crippen LogP contribution in [0.1, 0.15) is 50.2 Å². The predicted octanol–water partition coefficient (Wildman–Crippen LogP) is 2.92. The Morgan fingerprint density at radius 1 is 1.41 bits per heavy atom. The van der Waals surface area contributed by atoms with E-state index in [1.807, 2.05) is 25.3 Å². The van der Waals surface area contributed by atoms with Crippen LogP contribution in [0.15, 0.2) is 36.9 Å². The maximum atomic E-state index is 12.9. The van der Waals surface area contributed by atoms with Crippen molar-refractivity contribution in [2.75, 3.05) is 20.1 Å². The summed E-state index contributed by atoms with van der Waals surface area (Å²) in [5, 5.41) is 23.0. The molecule has 0 unspecified atom stereocenters. The molecule has 0 aromatic heterocycles. The quantitative estimate of drug-likeness (QED) is 0.528. The normalized spacial score (nSPS) is 34.8. The van der Waals surface area contributed by atoms with Crippen molar-refractivity contribution >= 4 is 5.91 Å². The lowest BCUT2D eigenvalue weighted by molar-refractivity contribution is -0.198. The van der Waals surface area contributed by atoms with E-state index in [4.69, 9.17) is 4.74 Å². The number of benzene rings is 1. The molecule has 1 aromatic rings. The fraction of sp³-hybridized carbons (Fsp3) is 0.577. The van der Waals surface area contributed by atoms with Crippen LogP contribution in [0.3, 0.4) is 0 Å². The Balaban J connectivity index is 1.60. The minimum absolute atomic E-state index is 0.0326. The number of likely N-dealkylation sites (N-methyl/N-ethyl adjacent to an activating group) is 1. The number of carbonyl (C=O) groups is 1. The van der Waals surface area contributed by atoms with Crippen molar-refractivity contribution < 1.29 is 19.7 Å². The molecular weight excluding hydrogens is 404 g/mol. The van der Waals surface area contributed by atoms with Gasteiger partial charge in [-0.1, -0.05) is 31.6 Å². The van der Waals surface area contributed by atoms with E-state index in [1.54, 1.807) is 17.0 Å². The standard InChI is InChI=1S/C26H34N2O4/c1-4-6-7-8-21(30)27(3)18-11-12-26(31)20-16-17-9-10-19(29)23-22(17)25(26,24(18)32-23)13-15-28(20)14-5-2/h5,7-10,18,20,24,29,31H,2,4,6,11-16H2,1,3H3/t18-,20+,24-,25-,26+/m0/s1. The molecule has 0 radical (unpaired) electrons. The highest BCUT2D eigenvalue weighted by Crippen LogP contribution is 2.65. The van der Waals surface area contributed by atoms with Crippen molar-refractivity contribution in [3.05, 3.63) is 48.1 Å². The lowest BCUT2D eigenvalue weighted by atomic mass is 9.48. The number of hydrogen-bond donors (Lipinski definition) is 2. The summed E-state index contributed by atoms with van der Waals surface area (Å²) in [5.41, 5.74) is 0.526. The summed E-state index contributed by atoms with van der Waals surface area (Å²) in [4.78, 5) is 17.1. The van der Waals surface area contributed by atoms with E-state index in [0.717, 1.165) is 49.9 Å². The average Bonchev–Trinajstić information content (AvgIpc) is 3.12. The van der Waals surface area contributed by atoms with Crippen LogP contribution in [0.25, 0.3) is 0 Å². The van der Waals surface area contributed by atoms with Gasteiger partial charge in [0.05, 0.1) is 17.1 Å². The van der Waals surface area contributed by atoms with Gasteiger partial charge in [-0.15, -0.1) is 6.58 Å². The number of hydrogen-bond acceptors (Lipinski definition) is 5. The first-order chi connectivity index (χ1) is 15.4. The van der Waals surface area contributed by atoms with Crippen LogP contribution in [0.5, 0.6) is 11.5 Å². The highest BCUT2D eigenvalue weighted by atomic mass is 16.5. The van der Waals surface area contributed by atoms with Crippen LogP contribution in [0.2, 0.25) is 0 Å². The summed E-state index contributed by atoms with van der Waals surface area (Å²) in [7, 11) is 1.84. The number of aliphatic hydroxyl groups is 1. The zero-order valence-electron chi connectivity index (χ0n) is 19.1. The molecule has 2 fully saturated rings. The number of nitrogens with zero attached hydrogens (tertiary/aromatic N) is 2. The smallest absolute Gasteiger partial charge is 0.246 e. The SMILES string of the molecule is C=CCN1CC[C@]23c4c5ccc(O)c4O[C@H]2[C@@H](N(C)C(=O)C=CCCC)CC[C@@]3(O)[C@H]1C5. The fourth-order valence-electron chi connectivity index (χ4n) is 7.02.